The third kappa shape index (κ3) is 12.5. The minimum atomic E-state index is 0.428. The molecule has 0 heterocycles. The van der Waals surface area contributed by atoms with Crippen LogP contribution in [0, 0.1) is 0 Å². The van der Waals surface area contributed by atoms with Crippen LogP contribution in [0.25, 0.3) is 0 Å². The Morgan fingerprint density at radius 1 is 0.455 bits per heavy atom. The molecule has 0 radical (unpaired) electrons. The highest BCUT2D eigenvalue weighted by Crippen LogP contribution is 2.31. The Morgan fingerprint density at radius 3 is 1.09 bits per heavy atom. The Balaban J connectivity index is 1.53. The summed E-state index contributed by atoms with van der Waals surface area (Å²) in [5.41, 5.74) is 16.2. The number of hydrogen-bond donors (Lipinski definition) is 2. The number of rotatable bonds is 19. The monoisotopic (exact) mass is 468 g/mol. The number of unbranched alkanes of at least 4 members (excludes halogenated alkanes) is 14. The van der Waals surface area contributed by atoms with E-state index in [0.29, 0.717) is 5.92 Å². The average Bonchev–Trinajstić information content (AvgIpc) is 2.83. The van der Waals surface area contributed by atoms with Gasteiger partial charge in [-0.1, -0.05) is 114 Å². The van der Waals surface area contributed by atoms with Gasteiger partial charge in [-0.15, -0.1) is 9.24 Å². The number of nitrogens with two attached hydrogens (primary N) is 2. The van der Waals surface area contributed by atoms with Gasteiger partial charge in [0.25, 0.3) is 0 Å². The molecule has 2 aromatic carbocycles. The van der Waals surface area contributed by atoms with Crippen molar-refractivity contribution < 1.29 is 0 Å². The fraction of sp³-hybridized carbons (Fsp3) is 0.600. The van der Waals surface area contributed by atoms with Gasteiger partial charge in [-0.3, -0.25) is 0 Å². The summed E-state index contributed by atoms with van der Waals surface area (Å²) in [5.74, 6) is 0.428. The highest BCUT2D eigenvalue weighted by Gasteiger charge is 2.14. The molecule has 2 nitrogen and oxygen atoms in total. The first-order chi connectivity index (χ1) is 16.2. The van der Waals surface area contributed by atoms with Crippen LogP contribution in [0.3, 0.4) is 0 Å². The Morgan fingerprint density at radius 2 is 0.758 bits per heavy atom. The van der Waals surface area contributed by atoms with Crippen LogP contribution in [-0.2, 0) is 0 Å². The van der Waals surface area contributed by atoms with Crippen LogP contribution >= 0.6 is 9.24 Å². The van der Waals surface area contributed by atoms with Gasteiger partial charge in [0.15, 0.2) is 0 Å². The van der Waals surface area contributed by atoms with Crippen molar-refractivity contribution in [2.45, 2.75) is 109 Å². The first kappa shape index (κ1) is 27.7. The molecule has 0 aliphatic carbocycles. The predicted molar refractivity (Wildman–Crippen MR) is 152 cm³/mol. The molecule has 0 fully saturated rings. The van der Waals surface area contributed by atoms with Crippen molar-refractivity contribution in [2.24, 2.45) is 0 Å². The van der Waals surface area contributed by atoms with Crippen LogP contribution in [0.5, 0.6) is 0 Å². The van der Waals surface area contributed by atoms with E-state index in [1.807, 2.05) is 24.3 Å². The van der Waals surface area contributed by atoms with Gasteiger partial charge in [-0.2, -0.15) is 0 Å². The molecule has 0 spiro atoms. The summed E-state index contributed by atoms with van der Waals surface area (Å²) in [5, 5.41) is 0. The number of hydrogen-bond acceptors (Lipinski definition) is 2. The summed E-state index contributed by atoms with van der Waals surface area (Å²) >= 11 is 0. The van der Waals surface area contributed by atoms with E-state index in [2.05, 4.69) is 33.5 Å². The summed E-state index contributed by atoms with van der Waals surface area (Å²) in [6.45, 7) is 0. The largest absolute Gasteiger partial charge is 0.399 e. The normalized spacial score (nSPS) is 11.3. The van der Waals surface area contributed by atoms with Crippen molar-refractivity contribution in [1.82, 2.24) is 0 Å². The molecule has 2 rings (SSSR count). The first-order valence-corrected chi connectivity index (χ1v) is 14.4. The standard InChI is InChI=1S/C30H49N2P/c31-28-21-17-26(18-22-28)30(27-19-23-29(32)24-20-27)16-14-12-10-8-6-4-2-1-3-5-7-9-11-13-15-25-33/h17-24,30H,1-16,25,31-33H2. The van der Waals surface area contributed by atoms with Crippen LogP contribution in [0.15, 0.2) is 48.5 Å². The van der Waals surface area contributed by atoms with Crippen molar-refractivity contribution in [3.63, 3.8) is 0 Å². The van der Waals surface area contributed by atoms with Crippen molar-refractivity contribution in [2.75, 3.05) is 17.6 Å². The molecular formula is C30H49N2P. The number of nitrogen functional groups attached to an aromatic ring is 2. The van der Waals surface area contributed by atoms with Gasteiger partial charge in [0.2, 0.25) is 0 Å². The minimum Gasteiger partial charge on any atom is -0.399 e. The third-order valence-electron chi connectivity index (χ3n) is 6.87. The lowest BCUT2D eigenvalue weighted by Gasteiger charge is -2.18. The van der Waals surface area contributed by atoms with Gasteiger partial charge in [0.05, 0.1) is 0 Å². The fourth-order valence-electron chi connectivity index (χ4n) is 4.77. The molecule has 0 saturated heterocycles. The molecule has 1 atom stereocenters. The van der Waals surface area contributed by atoms with Crippen molar-refractivity contribution in [3.8, 4) is 0 Å². The lowest BCUT2D eigenvalue weighted by atomic mass is 9.86. The fourth-order valence-corrected chi connectivity index (χ4v) is 5.06. The highest BCUT2D eigenvalue weighted by atomic mass is 31.0. The van der Waals surface area contributed by atoms with Crippen LogP contribution in [0.2, 0.25) is 0 Å². The molecule has 0 bridgehead atoms. The lowest BCUT2D eigenvalue weighted by Crippen LogP contribution is -2.02. The molecule has 0 saturated carbocycles. The Kier molecular flexibility index (Phi) is 15.0. The van der Waals surface area contributed by atoms with Crippen molar-refractivity contribution >= 4 is 20.6 Å². The quantitative estimate of drug-likeness (QED) is 0.123. The van der Waals surface area contributed by atoms with Gasteiger partial charge >= 0.3 is 0 Å². The predicted octanol–water partition coefficient (Wildman–Crippen LogP) is 9.10. The van der Waals surface area contributed by atoms with Gasteiger partial charge in [0, 0.05) is 17.3 Å². The summed E-state index contributed by atoms with van der Waals surface area (Å²) < 4.78 is 0. The minimum absolute atomic E-state index is 0.428. The Labute approximate surface area is 206 Å². The molecule has 0 amide bonds. The molecule has 2 aromatic rings. The maximum atomic E-state index is 5.91. The molecular weight excluding hydrogens is 419 g/mol. The van der Waals surface area contributed by atoms with E-state index in [9.17, 15) is 0 Å². The molecule has 0 aromatic heterocycles. The van der Waals surface area contributed by atoms with Crippen molar-refractivity contribution in [1.29, 1.82) is 0 Å². The van der Waals surface area contributed by atoms with Crippen LogP contribution in [0.4, 0.5) is 11.4 Å². The van der Waals surface area contributed by atoms with Crippen molar-refractivity contribution in [3.05, 3.63) is 59.7 Å². The molecule has 0 aliphatic heterocycles. The lowest BCUT2D eigenvalue weighted by molar-refractivity contribution is 0.525. The SMILES string of the molecule is Nc1ccc(C(CCCCCCCCCCCCCCCCCP)c2ccc(N)cc2)cc1. The summed E-state index contributed by atoms with van der Waals surface area (Å²) in [7, 11) is 2.83. The zero-order valence-electron chi connectivity index (χ0n) is 20.9. The maximum Gasteiger partial charge on any atom is 0.0314 e. The van der Waals surface area contributed by atoms with E-state index < -0.39 is 0 Å². The first-order valence-electron chi connectivity index (χ1n) is 13.6. The molecule has 0 aliphatic rings. The number of anilines is 2. The number of benzene rings is 2. The summed E-state index contributed by atoms with van der Waals surface area (Å²) in [6.07, 6.45) is 23.6. The van der Waals surface area contributed by atoms with E-state index in [1.165, 1.54) is 120 Å². The van der Waals surface area contributed by atoms with E-state index in [1.54, 1.807) is 0 Å². The van der Waals surface area contributed by atoms with E-state index >= 15 is 0 Å². The molecule has 4 N–H and O–H groups in total. The Hall–Kier alpha value is -1.53. The van der Waals surface area contributed by atoms with E-state index in [0.717, 1.165) is 11.4 Å². The average molecular weight is 469 g/mol. The topological polar surface area (TPSA) is 52.0 Å². The van der Waals surface area contributed by atoms with Crippen LogP contribution in [0.1, 0.15) is 120 Å². The molecule has 1 unspecified atom stereocenters. The van der Waals surface area contributed by atoms with Gasteiger partial charge < -0.3 is 11.5 Å². The summed E-state index contributed by atoms with van der Waals surface area (Å²) in [6, 6.07) is 16.8. The van der Waals surface area contributed by atoms with E-state index in [-0.39, 0.29) is 0 Å². The molecule has 184 valence electrons. The van der Waals surface area contributed by atoms with Gasteiger partial charge in [-0.05, 0) is 54.4 Å². The highest BCUT2D eigenvalue weighted by molar-refractivity contribution is 7.16. The van der Waals surface area contributed by atoms with Gasteiger partial charge in [-0.25, -0.2) is 0 Å². The maximum absolute atomic E-state index is 5.91. The smallest absolute Gasteiger partial charge is 0.0314 e. The van der Waals surface area contributed by atoms with E-state index in [4.69, 9.17) is 11.5 Å². The second kappa shape index (κ2) is 17.9. The van der Waals surface area contributed by atoms with Crippen LogP contribution in [-0.4, -0.2) is 6.16 Å². The Bertz CT molecular complexity index is 666. The molecule has 33 heavy (non-hydrogen) atoms. The second-order valence-electron chi connectivity index (χ2n) is 9.77. The van der Waals surface area contributed by atoms with Crippen LogP contribution < -0.4 is 11.5 Å². The van der Waals surface area contributed by atoms with Gasteiger partial charge in [0.1, 0.15) is 0 Å². The summed E-state index contributed by atoms with van der Waals surface area (Å²) in [4.78, 5) is 0. The third-order valence-corrected chi connectivity index (χ3v) is 7.28. The zero-order valence-corrected chi connectivity index (χ0v) is 22.1. The second-order valence-corrected chi connectivity index (χ2v) is 10.3. The zero-order chi connectivity index (χ0) is 23.6. The molecule has 3 heteroatoms.